The first-order valence-corrected chi connectivity index (χ1v) is 8.67. The minimum absolute atomic E-state index is 0.794. The second-order valence-electron chi connectivity index (χ2n) is 6.02. The molecule has 0 radical (unpaired) electrons. The second kappa shape index (κ2) is 4.85. The molecule has 5 rings (SSSR count). The van der Waals surface area contributed by atoms with Gasteiger partial charge in [0, 0.05) is 5.38 Å². The van der Waals surface area contributed by atoms with E-state index < -0.39 is 0 Å². The molecule has 0 fully saturated rings. The second-order valence-corrected chi connectivity index (χ2v) is 6.86. The summed E-state index contributed by atoms with van der Waals surface area (Å²) in [5, 5.41) is 4.57. The monoisotopic (exact) mass is 331 g/mol. The zero-order valence-corrected chi connectivity index (χ0v) is 14.2. The fraction of sp³-hybridized carbons (Fsp3) is 0.105. The standard InChI is InChI=1S/C19H15N4S/c1-12-14-6-4-3-5-13(14)7-8-15(12)19-21-18-16(11-22(19)2)23-17(20-18)9-10-24-23/h3-11H,1-2H3/q+1. The predicted molar refractivity (Wildman–Crippen MR) is 97.2 cm³/mol. The summed E-state index contributed by atoms with van der Waals surface area (Å²) < 4.78 is 4.20. The van der Waals surface area contributed by atoms with E-state index in [0.29, 0.717) is 0 Å². The predicted octanol–water partition coefficient (Wildman–Crippen LogP) is 3.90. The van der Waals surface area contributed by atoms with E-state index in [1.54, 1.807) is 11.5 Å². The van der Waals surface area contributed by atoms with Crippen LogP contribution in [-0.4, -0.2) is 13.8 Å². The molecule has 0 bridgehead atoms. The fourth-order valence-corrected chi connectivity index (χ4v) is 4.09. The van der Waals surface area contributed by atoms with Crippen molar-refractivity contribution >= 4 is 39.1 Å². The lowest BCUT2D eigenvalue weighted by Crippen LogP contribution is -2.32. The van der Waals surface area contributed by atoms with Gasteiger partial charge in [-0.3, -0.25) is 0 Å². The highest BCUT2D eigenvalue weighted by Gasteiger charge is 2.21. The maximum Gasteiger partial charge on any atom is 0.333 e. The average molecular weight is 331 g/mol. The van der Waals surface area contributed by atoms with Gasteiger partial charge >= 0.3 is 5.82 Å². The van der Waals surface area contributed by atoms with Crippen LogP contribution in [0.15, 0.2) is 54.0 Å². The van der Waals surface area contributed by atoms with Crippen LogP contribution in [-0.2, 0) is 7.05 Å². The Morgan fingerprint density at radius 3 is 2.83 bits per heavy atom. The van der Waals surface area contributed by atoms with Crippen molar-refractivity contribution in [2.45, 2.75) is 6.92 Å². The van der Waals surface area contributed by atoms with E-state index in [4.69, 9.17) is 4.98 Å². The Morgan fingerprint density at radius 1 is 1.04 bits per heavy atom. The Labute approximate surface area is 142 Å². The highest BCUT2D eigenvalue weighted by atomic mass is 32.1. The van der Waals surface area contributed by atoms with E-state index in [0.717, 1.165) is 28.2 Å². The molecule has 0 aliphatic carbocycles. The molecule has 3 aromatic heterocycles. The molecule has 24 heavy (non-hydrogen) atoms. The number of hydrogen-bond donors (Lipinski definition) is 0. The number of benzene rings is 2. The van der Waals surface area contributed by atoms with Gasteiger partial charge in [0.15, 0.2) is 11.2 Å². The van der Waals surface area contributed by atoms with Crippen molar-refractivity contribution in [2.24, 2.45) is 7.05 Å². The molecule has 0 N–H and O–H groups in total. The molecule has 116 valence electrons. The largest absolute Gasteiger partial charge is 0.333 e. The normalized spacial score (nSPS) is 11.8. The summed E-state index contributed by atoms with van der Waals surface area (Å²) in [5.74, 6) is 0.941. The minimum Gasteiger partial charge on any atom is -0.239 e. The Bertz CT molecular complexity index is 1230. The molecular weight excluding hydrogens is 316 g/mol. The van der Waals surface area contributed by atoms with Crippen LogP contribution >= 0.6 is 11.5 Å². The molecule has 0 amide bonds. The molecular formula is C19H15N4S+. The third kappa shape index (κ3) is 1.82. The molecule has 4 nitrogen and oxygen atoms in total. The number of aryl methyl sites for hydroxylation is 2. The molecule has 0 aliphatic rings. The van der Waals surface area contributed by atoms with Gasteiger partial charge in [-0.1, -0.05) is 41.9 Å². The zero-order valence-electron chi connectivity index (χ0n) is 13.4. The molecule has 3 heterocycles. The number of rotatable bonds is 1. The van der Waals surface area contributed by atoms with Crippen molar-refractivity contribution in [1.29, 1.82) is 0 Å². The van der Waals surface area contributed by atoms with Crippen molar-refractivity contribution < 1.29 is 4.57 Å². The Hall–Kier alpha value is -2.79. The van der Waals surface area contributed by atoms with E-state index >= 15 is 0 Å². The molecule has 0 saturated heterocycles. The molecule has 0 atom stereocenters. The summed E-state index contributed by atoms with van der Waals surface area (Å²) in [7, 11) is 2.05. The quantitative estimate of drug-likeness (QED) is 0.437. The zero-order chi connectivity index (χ0) is 16.3. The lowest BCUT2D eigenvalue weighted by Gasteiger charge is -2.07. The maximum absolute atomic E-state index is 4.86. The van der Waals surface area contributed by atoms with E-state index in [2.05, 4.69) is 62.9 Å². The van der Waals surface area contributed by atoms with Crippen LogP contribution in [0.5, 0.6) is 0 Å². The number of hydrogen-bond acceptors (Lipinski definition) is 3. The molecule has 5 aromatic rings. The molecule has 0 unspecified atom stereocenters. The summed E-state index contributed by atoms with van der Waals surface area (Å²) in [4.78, 5) is 9.50. The van der Waals surface area contributed by atoms with Gasteiger partial charge < -0.3 is 0 Å². The minimum atomic E-state index is 0.794. The molecule has 5 heteroatoms. The molecule has 0 spiro atoms. The van der Waals surface area contributed by atoms with Gasteiger partial charge in [0.1, 0.15) is 6.20 Å². The highest BCUT2D eigenvalue weighted by Crippen LogP contribution is 2.28. The fourth-order valence-electron chi connectivity index (χ4n) is 3.33. The third-order valence-corrected chi connectivity index (χ3v) is 5.41. The van der Waals surface area contributed by atoms with Crippen molar-refractivity contribution in [1.82, 2.24) is 13.8 Å². The molecule has 0 aliphatic heterocycles. The van der Waals surface area contributed by atoms with Crippen molar-refractivity contribution in [3.05, 3.63) is 59.6 Å². The van der Waals surface area contributed by atoms with Gasteiger partial charge in [0.05, 0.1) is 12.6 Å². The van der Waals surface area contributed by atoms with Crippen molar-refractivity contribution in [2.75, 3.05) is 0 Å². The summed E-state index contributed by atoms with van der Waals surface area (Å²) in [5.41, 5.74) is 5.19. The highest BCUT2D eigenvalue weighted by molar-refractivity contribution is 7.04. The third-order valence-electron chi connectivity index (χ3n) is 4.56. The molecule has 2 aromatic carbocycles. The number of imidazole rings is 1. The summed E-state index contributed by atoms with van der Waals surface area (Å²) in [6.07, 6.45) is 2.11. The van der Waals surface area contributed by atoms with Crippen LogP contribution in [0.1, 0.15) is 5.56 Å². The van der Waals surface area contributed by atoms with Crippen LogP contribution in [0, 0.1) is 6.92 Å². The summed E-state index contributed by atoms with van der Waals surface area (Å²) >= 11 is 1.64. The van der Waals surface area contributed by atoms with Gasteiger partial charge in [-0.2, -0.15) is 4.98 Å². The number of fused-ring (bicyclic) bond motifs is 4. The topological polar surface area (TPSA) is 34.1 Å². The summed E-state index contributed by atoms with van der Waals surface area (Å²) in [6.45, 7) is 2.16. The van der Waals surface area contributed by atoms with Crippen LogP contribution in [0.3, 0.4) is 0 Å². The maximum atomic E-state index is 4.86. The molecule has 0 saturated carbocycles. The average Bonchev–Trinajstić information content (AvgIpc) is 3.17. The van der Waals surface area contributed by atoms with Crippen LogP contribution < -0.4 is 4.57 Å². The van der Waals surface area contributed by atoms with Crippen LogP contribution in [0.4, 0.5) is 0 Å². The van der Waals surface area contributed by atoms with E-state index in [1.807, 2.05) is 18.5 Å². The van der Waals surface area contributed by atoms with Gasteiger partial charge in [0.25, 0.3) is 5.65 Å². The number of nitrogens with zero attached hydrogens (tertiary/aromatic N) is 4. The van der Waals surface area contributed by atoms with Crippen molar-refractivity contribution in [3.8, 4) is 11.4 Å². The van der Waals surface area contributed by atoms with Gasteiger partial charge in [0.2, 0.25) is 0 Å². The van der Waals surface area contributed by atoms with E-state index in [-0.39, 0.29) is 0 Å². The van der Waals surface area contributed by atoms with Gasteiger partial charge in [-0.25, -0.2) is 8.36 Å². The van der Waals surface area contributed by atoms with E-state index in [9.17, 15) is 0 Å². The lowest BCUT2D eigenvalue weighted by molar-refractivity contribution is -0.661. The van der Waals surface area contributed by atoms with Gasteiger partial charge in [-0.15, -0.1) is 0 Å². The number of aromatic nitrogens is 4. The smallest absolute Gasteiger partial charge is 0.239 e. The first kappa shape index (κ1) is 13.6. The summed E-state index contributed by atoms with van der Waals surface area (Å²) in [6, 6.07) is 14.8. The Kier molecular flexibility index (Phi) is 2.76. The van der Waals surface area contributed by atoms with Crippen LogP contribution in [0.25, 0.3) is 39.0 Å². The van der Waals surface area contributed by atoms with E-state index in [1.165, 1.54) is 16.3 Å². The Balaban J connectivity index is 1.82. The van der Waals surface area contributed by atoms with Crippen LogP contribution in [0.2, 0.25) is 0 Å². The van der Waals surface area contributed by atoms with Gasteiger partial charge in [-0.05, 0) is 40.4 Å². The first-order valence-electron chi connectivity index (χ1n) is 7.84. The lowest BCUT2D eigenvalue weighted by atomic mass is 9.99. The SMILES string of the molecule is Cc1c(-c2nc3nc4ccsn4c3c[n+]2C)ccc2ccccc12. The first-order chi connectivity index (χ1) is 11.7. The van der Waals surface area contributed by atoms with Crippen molar-refractivity contribution in [3.63, 3.8) is 0 Å². The Morgan fingerprint density at radius 2 is 1.92 bits per heavy atom.